The van der Waals surface area contributed by atoms with Crippen molar-refractivity contribution in [1.82, 2.24) is 10.2 Å². The van der Waals surface area contributed by atoms with Crippen molar-refractivity contribution >= 4 is 32.4 Å². The van der Waals surface area contributed by atoms with Gasteiger partial charge in [0.15, 0.2) is 3.92 Å². The molecule has 13 heavy (non-hydrogen) atoms. The van der Waals surface area contributed by atoms with Gasteiger partial charge in [0.1, 0.15) is 0 Å². The fourth-order valence-electron chi connectivity index (χ4n) is 0.982. The quantitative estimate of drug-likeness (QED) is 0.830. The first-order valence-corrected chi connectivity index (χ1v) is 6.02. The Morgan fingerprint density at radius 2 is 2.23 bits per heavy atom. The lowest BCUT2D eigenvalue weighted by atomic mass is 10.1. The standard InChI is InChI=1S/C8H14BrN3S/c1-6(2)4-3-5-10-8-12-11-7(9)13-8/h6H,3-5H2,1-2H3,(H,10,12). The van der Waals surface area contributed by atoms with Gasteiger partial charge in [-0.25, -0.2) is 0 Å². The van der Waals surface area contributed by atoms with Crippen LogP contribution in [0.3, 0.4) is 0 Å². The van der Waals surface area contributed by atoms with Crippen molar-refractivity contribution in [1.29, 1.82) is 0 Å². The Labute approximate surface area is 91.1 Å². The lowest BCUT2D eigenvalue weighted by Gasteiger charge is -2.04. The number of anilines is 1. The van der Waals surface area contributed by atoms with Crippen LogP contribution in [0.5, 0.6) is 0 Å². The van der Waals surface area contributed by atoms with Gasteiger partial charge in [0.2, 0.25) is 5.13 Å². The van der Waals surface area contributed by atoms with Gasteiger partial charge in [-0.15, -0.1) is 10.2 Å². The first kappa shape index (κ1) is 10.9. The van der Waals surface area contributed by atoms with Gasteiger partial charge in [-0.05, 0) is 34.7 Å². The van der Waals surface area contributed by atoms with Gasteiger partial charge in [-0.1, -0.05) is 25.2 Å². The Bertz CT molecular complexity index is 249. The molecule has 5 heteroatoms. The van der Waals surface area contributed by atoms with E-state index in [2.05, 4.69) is 45.3 Å². The summed E-state index contributed by atoms with van der Waals surface area (Å²) < 4.78 is 0.832. The zero-order valence-corrected chi connectivity index (χ0v) is 10.3. The van der Waals surface area contributed by atoms with Crippen LogP contribution in [0.1, 0.15) is 26.7 Å². The van der Waals surface area contributed by atoms with E-state index in [0.29, 0.717) is 0 Å². The zero-order chi connectivity index (χ0) is 9.68. The van der Waals surface area contributed by atoms with Gasteiger partial charge < -0.3 is 5.32 Å². The van der Waals surface area contributed by atoms with E-state index in [0.717, 1.165) is 21.5 Å². The highest BCUT2D eigenvalue weighted by Crippen LogP contribution is 2.19. The molecule has 1 heterocycles. The Morgan fingerprint density at radius 1 is 1.46 bits per heavy atom. The minimum Gasteiger partial charge on any atom is -0.360 e. The van der Waals surface area contributed by atoms with E-state index in [1.54, 1.807) is 0 Å². The molecule has 0 saturated heterocycles. The molecule has 0 spiro atoms. The van der Waals surface area contributed by atoms with Crippen molar-refractivity contribution in [3.63, 3.8) is 0 Å². The molecule has 3 nitrogen and oxygen atoms in total. The maximum Gasteiger partial charge on any atom is 0.206 e. The van der Waals surface area contributed by atoms with Gasteiger partial charge in [0.25, 0.3) is 0 Å². The monoisotopic (exact) mass is 263 g/mol. The van der Waals surface area contributed by atoms with Gasteiger partial charge in [0.05, 0.1) is 0 Å². The fourth-order valence-corrected chi connectivity index (χ4v) is 2.02. The van der Waals surface area contributed by atoms with Crippen molar-refractivity contribution in [2.75, 3.05) is 11.9 Å². The van der Waals surface area contributed by atoms with Crippen LogP contribution in [0, 0.1) is 5.92 Å². The summed E-state index contributed by atoms with van der Waals surface area (Å²) in [7, 11) is 0. The Morgan fingerprint density at radius 3 is 2.77 bits per heavy atom. The van der Waals surface area contributed by atoms with E-state index in [-0.39, 0.29) is 0 Å². The van der Waals surface area contributed by atoms with E-state index in [9.17, 15) is 0 Å². The molecule has 1 aromatic heterocycles. The molecule has 1 rings (SSSR count). The fraction of sp³-hybridized carbons (Fsp3) is 0.750. The number of nitrogens with one attached hydrogen (secondary N) is 1. The number of aromatic nitrogens is 2. The molecular weight excluding hydrogens is 250 g/mol. The number of halogens is 1. The Balaban J connectivity index is 2.13. The highest BCUT2D eigenvalue weighted by atomic mass is 79.9. The average Bonchev–Trinajstić information content (AvgIpc) is 2.45. The molecule has 0 aromatic carbocycles. The highest BCUT2D eigenvalue weighted by molar-refractivity contribution is 9.11. The normalized spacial score (nSPS) is 10.8. The smallest absolute Gasteiger partial charge is 0.206 e. The van der Waals surface area contributed by atoms with E-state index >= 15 is 0 Å². The van der Waals surface area contributed by atoms with Crippen LogP contribution in [-0.4, -0.2) is 16.7 Å². The van der Waals surface area contributed by atoms with Crippen molar-refractivity contribution in [3.05, 3.63) is 3.92 Å². The van der Waals surface area contributed by atoms with Crippen molar-refractivity contribution < 1.29 is 0 Å². The summed E-state index contributed by atoms with van der Waals surface area (Å²) in [5, 5.41) is 11.9. The van der Waals surface area contributed by atoms with Crippen LogP contribution in [0.2, 0.25) is 0 Å². The van der Waals surface area contributed by atoms with Crippen LogP contribution < -0.4 is 5.32 Å². The van der Waals surface area contributed by atoms with E-state index in [4.69, 9.17) is 0 Å². The summed E-state index contributed by atoms with van der Waals surface area (Å²) in [6.45, 7) is 5.46. The Kier molecular flexibility index (Phi) is 4.66. The second-order valence-electron chi connectivity index (χ2n) is 3.32. The molecule has 0 unspecified atom stereocenters. The van der Waals surface area contributed by atoms with Gasteiger partial charge in [0, 0.05) is 6.54 Å². The molecule has 0 amide bonds. The van der Waals surface area contributed by atoms with Crippen LogP contribution >= 0.6 is 27.3 Å². The van der Waals surface area contributed by atoms with E-state index in [1.807, 2.05) is 0 Å². The first-order chi connectivity index (χ1) is 6.18. The minimum absolute atomic E-state index is 0.781. The first-order valence-electron chi connectivity index (χ1n) is 4.41. The molecule has 0 atom stereocenters. The third-order valence-corrected chi connectivity index (χ3v) is 2.95. The molecule has 0 aliphatic rings. The van der Waals surface area contributed by atoms with E-state index < -0.39 is 0 Å². The summed E-state index contributed by atoms with van der Waals surface area (Å²) in [6.07, 6.45) is 2.45. The van der Waals surface area contributed by atoms with Crippen molar-refractivity contribution in [2.24, 2.45) is 5.92 Å². The predicted octanol–water partition coefficient (Wildman–Crippen LogP) is 3.15. The number of hydrogen-bond acceptors (Lipinski definition) is 4. The second-order valence-corrected chi connectivity index (χ2v) is 5.58. The second kappa shape index (κ2) is 5.54. The van der Waals surface area contributed by atoms with Crippen LogP contribution in [0.4, 0.5) is 5.13 Å². The molecule has 0 saturated carbocycles. The largest absolute Gasteiger partial charge is 0.360 e. The number of hydrogen-bond donors (Lipinski definition) is 1. The van der Waals surface area contributed by atoms with Gasteiger partial charge >= 0.3 is 0 Å². The van der Waals surface area contributed by atoms with Gasteiger partial charge in [-0.3, -0.25) is 0 Å². The lowest BCUT2D eigenvalue weighted by molar-refractivity contribution is 0.567. The number of nitrogens with zero attached hydrogens (tertiary/aromatic N) is 2. The average molecular weight is 264 g/mol. The molecule has 1 aromatic rings. The maximum absolute atomic E-state index is 3.94. The number of rotatable bonds is 5. The topological polar surface area (TPSA) is 37.8 Å². The van der Waals surface area contributed by atoms with Crippen LogP contribution in [-0.2, 0) is 0 Å². The van der Waals surface area contributed by atoms with Crippen molar-refractivity contribution in [2.45, 2.75) is 26.7 Å². The molecule has 0 aliphatic heterocycles. The molecule has 1 N–H and O–H groups in total. The summed E-state index contributed by atoms with van der Waals surface area (Å²) in [5.41, 5.74) is 0. The summed E-state index contributed by atoms with van der Waals surface area (Å²) in [4.78, 5) is 0. The molecule has 0 radical (unpaired) electrons. The third-order valence-electron chi connectivity index (χ3n) is 1.63. The van der Waals surface area contributed by atoms with Crippen LogP contribution in [0.25, 0.3) is 0 Å². The predicted molar refractivity (Wildman–Crippen MR) is 60.2 cm³/mol. The summed E-state index contributed by atoms with van der Waals surface area (Å²) in [5.74, 6) is 0.781. The highest BCUT2D eigenvalue weighted by Gasteiger charge is 1.99. The molecule has 74 valence electrons. The lowest BCUT2D eigenvalue weighted by Crippen LogP contribution is -2.02. The maximum atomic E-state index is 3.94. The Hall–Kier alpha value is -0.160. The summed E-state index contributed by atoms with van der Waals surface area (Å²) in [6, 6.07) is 0. The molecule has 0 bridgehead atoms. The third kappa shape index (κ3) is 4.57. The SMILES string of the molecule is CC(C)CCCNc1nnc(Br)s1. The molecule has 0 aliphatic carbocycles. The van der Waals surface area contributed by atoms with Crippen LogP contribution in [0.15, 0.2) is 3.92 Å². The summed E-state index contributed by atoms with van der Waals surface area (Å²) >= 11 is 4.80. The zero-order valence-electron chi connectivity index (χ0n) is 7.88. The molecule has 0 fully saturated rings. The van der Waals surface area contributed by atoms with E-state index in [1.165, 1.54) is 24.2 Å². The van der Waals surface area contributed by atoms with Crippen molar-refractivity contribution in [3.8, 4) is 0 Å². The minimum atomic E-state index is 0.781. The van der Waals surface area contributed by atoms with Gasteiger partial charge in [-0.2, -0.15) is 0 Å². The molecular formula is C8H14BrN3S.